The molecule has 0 fully saturated rings. The molecule has 0 atom stereocenters. The Labute approximate surface area is 118 Å². The van der Waals surface area contributed by atoms with Gasteiger partial charge in [0.25, 0.3) is 0 Å². The molecule has 18 heavy (non-hydrogen) atoms. The van der Waals surface area contributed by atoms with Crippen LogP contribution in [-0.2, 0) is 6.54 Å². The molecule has 1 N–H and O–H groups in total. The third-order valence-corrected chi connectivity index (χ3v) is 4.21. The minimum absolute atomic E-state index is 0.803. The minimum atomic E-state index is 0.803. The molecule has 0 amide bonds. The smallest absolute Gasteiger partial charge is 0.0412 e. The zero-order chi connectivity index (χ0) is 13.0. The average Bonchev–Trinajstić information content (AvgIpc) is 2.77. The van der Waals surface area contributed by atoms with Crippen LogP contribution in [0.25, 0.3) is 10.4 Å². The van der Waals surface area contributed by atoms with E-state index in [1.54, 1.807) is 11.3 Å². The van der Waals surface area contributed by atoms with Crippen molar-refractivity contribution in [1.29, 1.82) is 0 Å². The van der Waals surface area contributed by atoms with E-state index in [4.69, 9.17) is 11.6 Å². The van der Waals surface area contributed by atoms with Crippen LogP contribution in [0, 0.1) is 6.92 Å². The molecule has 1 aromatic heterocycles. The highest BCUT2D eigenvalue weighted by atomic mass is 35.5. The Bertz CT molecular complexity index is 519. The maximum absolute atomic E-state index is 6.13. The second-order valence-corrected chi connectivity index (χ2v) is 5.76. The molecule has 0 saturated heterocycles. The fraction of sp³-hybridized carbons (Fsp3) is 0.333. The Kier molecular flexibility index (Phi) is 4.81. The molecule has 96 valence electrons. The van der Waals surface area contributed by atoms with E-state index >= 15 is 0 Å². The van der Waals surface area contributed by atoms with Gasteiger partial charge in [0, 0.05) is 16.4 Å². The van der Waals surface area contributed by atoms with Crippen LogP contribution in [0.3, 0.4) is 0 Å². The number of aryl methyl sites for hydroxylation is 1. The topological polar surface area (TPSA) is 12.0 Å². The van der Waals surface area contributed by atoms with E-state index in [0.717, 1.165) is 24.5 Å². The van der Waals surface area contributed by atoms with Crippen molar-refractivity contribution in [2.45, 2.75) is 26.8 Å². The third kappa shape index (κ3) is 3.14. The Morgan fingerprint density at radius 3 is 2.78 bits per heavy atom. The molecular weight excluding hydrogens is 262 g/mol. The van der Waals surface area contributed by atoms with Crippen molar-refractivity contribution in [3.63, 3.8) is 0 Å². The van der Waals surface area contributed by atoms with Gasteiger partial charge in [-0.15, -0.1) is 11.3 Å². The van der Waals surface area contributed by atoms with E-state index in [1.807, 2.05) is 6.07 Å². The molecular formula is C15H18ClNS. The predicted molar refractivity (Wildman–Crippen MR) is 81.5 cm³/mol. The van der Waals surface area contributed by atoms with E-state index in [2.05, 4.69) is 42.7 Å². The highest BCUT2D eigenvalue weighted by molar-refractivity contribution is 7.13. The monoisotopic (exact) mass is 279 g/mol. The quantitative estimate of drug-likeness (QED) is 0.770. The Morgan fingerprint density at radius 1 is 1.28 bits per heavy atom. The predicted octanol–water partition coefficient (Wildman–Crippen LogP) is 4.88. The summed E-state index contributed by atoms with van der Waals surface area (Å²) in [6.07, 6.45) is 1.15. The van der Waals surface area contributed by atoms with Crippen LogP contribution in [0.5, 0.6) is 0 Å². The van der Waals surface area contributed by atoms with Crippen LogP contribution < -0.4 is 5.32 Å². The first-order valence-electron chi connectivity index (χ1n) is 6.26. The van der Waals surface area contributed by atoms with Crippen LogP contribution in [0.4, 0.5) is 0 Å². The summed E-state index contributed by atoms with van der Waals surface area (Å²) in [4.78, 5) is 1.32. The van der Waals surface area contributed by atoms with Crippen molar-refractivity contribution >= 4 is 22.9 Å². The van der Waals surface area contributed by atoms with Crippen molar-refractivity contribution in [2.24, 2.45) is 0 Å². The SMILES string of the molecule is CCCNCc1ccc(Cl)cc1-c1sccc1C. The highest BCUT2D eigenvalue weighted by Crippen LogP contribution is 2.33. The van der Waals surface area contributed by atoms with E-state index in [-0.39, 0.29) is 0 Å². The van der Waals surface area contributed by atoms with E-state index in [9.17, 15) is 0 Å². The van der Waals surface area contributed by atoms with Crippen molar-refractivity contribution in [1.82, 2.24) is 5.32 Å². The van der Waals surface area contributed by atoms with Crippen LogP contribution in [-0.4, -0.2) is 6.54 Å². The van der Waals surface area contributed by atoms with Crippen LogP contribution in [0.15, 0.2) is 29.6 Å². The van der Waals surface area contributed by atoms with Gasteiger partial charge in [-0.2, -0.15) is 0 Å². The number of thiophene rings is 1. The Morgan fingerprint density at radius 2 is 2.11 bits per heavy atom. The summed E-state index contributed by atoms with van der Waals surface area (Å²) in [6, 6.07) is 8.32. The molecule has 0 radical (unpaired) electrons. The number of hydrogen-bond donors (Lipinski definition) is 1. The second-order valence-electron chi connectivity index (χ2n) is 4.41. The fourth-order valence-corrected chi connectivity index (χ4v) is 3.11. The third-order valence-electron chi connectivity index (χ3n) is 2.92. The van der Waals surface area contributed by atoms with Gasteiger partial charge in [0.2, 0.25) is 0 Å². The Balaban J connectivity index is 2.32. The molecule has 0 spiro atoms. The molecule has 0 unspecified atom stereocenters. The van der Waals surface area contributed by atoms with Gasteiger partial charge in [0.1, 0.15) is 0 Å². The largest absolute Gasteiger partial charge is 0.313 e. The lowest BCUT2D eigenvalue weighted by Crippen LogP contribution is -2.14. The van der Waals surface area contributed by atoms with E-state index in [1.165, 1.54) is 21.6 Å². The molecule has 1 aromatic carbocycles. The lowest BCUT2D eigenvalue weighted by atomic mass is 10.0. The number of rotatable bonds is 5. The molecule has 2 rings (SSSR count). The number of benzene rings is 1. The second kappa shape index (κ2) is 6.37. The first-order chi connectivity index (χ1) is 8.72. The maximum atomic E-state index is 6.13. The summed E-state index contributed by atoms with van der Waals surface area (Å²) in [5, 5.41) is 6.39. The van der Waals surface area contributed by atoms with Crippen LogP contribution in [0.2, 0.25) is 5.02 Å². The Hall–Kier alpha value is -0.830. The highest BCUT2D eigenvalue weighted by Gasteiger charge is 2.09. The van der Waals surface area contributed by atoms with Crippen LogP contribution >= 0.6 is 22.9 Å². The van der Waals surface area contributed by atoms with Gasteiger partial charge in [-0.25, -0.2) is 0 Å². The average molecular weight is 280 g/mol. The first kappa shape index (κ1) is 13.6. The van der Waals surface area contributed by atoms with E-state index in [0.29, 0.717) is 0 Å². The summed E-state index contributed by atoms with van der Waals surface area (Å²) < 4.78 is 0. The first-order valence-corrected chi connectivity index (χ1v) is 7.51. The van der Waals surface area contributed by atoms with E-state index < -0.39 is 0 Å². The van der Waals surface area contributed by atoms with Gasteiger partial charge >= 0.3 is 0 Å². The molecule has 0 saturated carbocycles. The van der Waals surface area contributed by atoms with Crippen molar-refractivity contribution in [2.75, 3.05) is 6.54 Å². The molecule has 0 aliphatic carbocycles. The standard InChI is InChI=1S/C15H18ClNS/c1-3-7-17-10-12-4-5-13(16)9-14(12)15-11(2)6-8-18-15/h4-6,8-9,17H,3,7,10H2,1-2H3. The molecule has 0 bridgehead atoms. The molecule has 2 aromatic rings. The normalized spacial score (nSPS) is 10.8. The maximum Gasteiger partial charge on any atom is 0.0412 e. The molecule has 1 heterocycles. The number of hydrogen-bond acceptors (Lipinski definition) is 2. The zero-order valence-corrected chi connectivity index (χ0v) is 12.4. The van der Waals surface area contributed by atoms with Crippen molar-refractivity contribution in [3.8, 4) is 10.4 Å². The molecule has 3 heteroatoms. The lowest BCUT2D eigenvalue weighted by molar-refractivity contribution is 0.676. The molecule has 1 nitrogen and oxygen atoms in total. The van der Waals surface area contributed by atoms with Gasteiger partial charge in [0.15, 0.2) is 0 Å². The van der Waals surface area contributed by atoms with Crippen molar-refractivity contribution < 1.29 is 0 Å². The van der Waals surface area contributed by atoms with Crippen molar-refractivity contribution in [3.05, 3.63) is 45.8 Å². The summed E-state index contributed by atoms with van der Waals surface area (Å²) in [5.41, 5.74) is 3.90. The fourth-order valence-electron chi connectivity index (χ4n) is 1.96. The van der Waals surface area contributed by atoms with Gasteiger partial charge in [-0.05, 0) is 60.2 Å². The van der Waals surface area contributed by atoms with Crippen LogP contribution in [0.1, 0.15) is 24.5 Å². The lowest BCUT2D eigenvalue weighted by Gasteiger charge is -2.10. The number of nitrogens with one attached hydrogen (secondary N) is 1. The summed E-state index contributed by atoms with van der Waals surface area (Å²) >= 11 is 7.91. The van der Waals surface area contributed by atoms with Gasteiger partial charge in [0.05, 0.1) is 0 Å². The summed E-state index contributed by atoms with van der Waals surface area (Å²) in [7, 11) is 0. The zero-order valence-electron chi connectivity index (χ0n) is 10.8. The van der Waals surface area contributed by atoms with Gasteiger partial charge < -0.3 is 5.32 Å². The van der Waals surface area contributed by atoms with Gasteiger partial charge in [-0.1, -0.05) is 24.6 Å². The van der Waals surface area contributed by atoms with Gasteiger partial charge in [-0.3, -0.25) is 0 Å². The summed E-state index contributed by atoms with van der Waals surface area (Å²) in [5.74, 6) is 0. The number of halogens is 1. The molecule has 0 aliphatic rings. The minimum Gasteiger partial charge on any atom is -0.313 e. The summed E-state index contributed by atoms with van der Waals surface area (Å²) in [6.45, 7) is 6.28. The molecule has 0 aliphatic heterocycles.